The SMILES string of the molecule is CC(Nc1nccc(N2C(=O)OCC2c2ccccc2)n1)C(F)(F)F. The van der Waals surface area contributed by atoms with Gasteiger partial charge in [-0.3, -0.25) is 4.90 Å². The molecule has 1 saturated heterocycles. The number of benzene rings is 1. The summed E-state index contributed by atoms with van der Waals surface area (Å²) in [5.41, 5.74) is 0.838. The maximum absolute atomic E-state index is 12.7. The molecule has 0 saturated carbocycles. The molecule has 2 unspecified atom stereocenters. The highest BCUT2D eigenvalue weighted by Crippen LogP contribution is 2.32. The summed E-state index contributed by atoms with van der Waals surface area (Å²) in [7, 11) is 0. The van der Waals surface area contributed by atoms with Crippen LogP contribution in [0.4, 0.5) is 29.7 Å². The van der Waals surface area contributed by atoms with Crippen molar-refractivity contribution in [2.75, 3.05) is 16.8 Å². The Kier molecular flexibility index (Phi) is 4.47. The van der Waals surface area contributed by atoms with Crippen LogP contribution in [0, 0.1) is 0 Å². The molecule has 1 aromatic carbocycles. The first-order valence-electron chi connectivity index (χ1n) is 7.53. The van der Waals surface area contributed by atoms with Gasteiger partial charge in [0.25, 0.3) is 0 Å². The normalized spacial score (nSPS) is 18.8. The molecule has 6 nitrogen and oxygen atoms in total. The minimum atomic E-state index is -4.43. The summed E-state index contributed by atoms with van der Waals surface area (Å²) < 4.78 is 43.1. The van der Waals surface area contributed by atoms with Crippen LogP contribution in [0.3, 0.4) is 0 Å². The number of alkyl halides is 3. The third-order valence-electron chi connectivity index (χ3n) is 3.78. The molecule has 0 radical (unpaired) electrons. The molecule has 0 spiro atoms. The second-order valence-corrected chi connectivity index (χ2v) is 5.52. The molecule has 1 fully saturated rings. The first kappa shape index (κ1) is 17.0. The Labute approximate surface area is 141 Å². The van der Waals surface area contributed by atoms with E-state index in [1.165, 1.54) is 17.2 Å². The van der Waals surface area contributed by atoms with Crippen molar-refractivity contribution in [3.8, 4) is 0 Å². The van der Waals surface area contributed by atoms with E-state index in [4.69, 9.17) is 4.74 Å². The van der Waals surface area contributed by atoms with Crippen molar-refractivity contribution in [1.29, 1.82) is 0 Å². The summed E-state index contributed by atoms with van der Waals surface area (Å²) in [6.45, 7) is 1.10. The lowest BCUT2D eigenvalue weighted by atomic mass is 10.1. The Hall–Kier alpha value is -2.84. The van der Waals surface area contributed by atoms with Crippen molar-refractivity contribution in [3.05, 3.63) is 48.2 Å². The second kappa shape index (κ2) is 6.58. The number of hydrogen-bond donors (Lipinski definition) is 1. The van der Waals surface area contributed by atoms with E-state index in [2.05, 4.69) is 15.3 Å². The average Bonchev–Trinajstić information content (AvgIpc) is 2.96. The van der Waals surface area contributed by atoms with E-state index in [1.807, 2.05) is 30.3 Å². The Morgan fingerprint density at radius 1 is 1.28 bits per heavy atom. The fraction of sp³-hybridized carbons (Fsp3) is 0.312. The van der Waals surface area contributed by atoms with E-state index in [1.54, 1.807) is 0 Å². The Morgan fingerprint density at radius 2 is 2.00 bits per heavy atom. The van der Waals surface area contributed by atoms with Crippen molar-refractivity contribution in [1.82, 2.24) is 9.97 Å². The number of rotatable bonds is 4. The molecule has 1 aliphatic rings. The minimum absolute atomic E-state index is 0.133. The number of carbonyl (C=O) groups excluding carboxylic acids is 1. The van der Waals surface area contributed by atoms with Gasteiger partial charge in [-0.25, -0.2) is 9.78 Å². The van der Waals surface area contributed by atoms with Gasteiger partial charge in [0, 0.05) is 6.20 Å². The molecule has 0 bridgehead atoms. The predicted octanol–water partition coefficient (Wildman–Crippen LogP) is 3.54. The molecule has 1 aromatic heterocycles. The molecule has 2 heterocycles. The molecule has 3 rings (SSSR count). The topological polar surface area (TPSA) is 67.4 Å². The first-order chi connectivity index (χ1) is 11.9. The van der Waals surface area contributed by atoms with Crippen LogP contribution in [0.2, 0.25) is 0 Å². The maximum atomic E-state index is 12.7. The standard InChI is InChI=1S/C16H15F3N4O2/c1-10(16(17,18)19)21-14-20-8-7-13(22-14)23-12(9-25-15(23)24)11-5-3-2-4-6-11/h2-8,10,12H,9H2,1H3,(H,20,21,22). The number of nitrogens with zero attached hydrogens (tertiary/aromatic N) is 3. The van der Waals surface area contributed by atoms with Crippen LogP contribution in [0.25, 0.3) is 0 Å². The summed E-state index contributed by atoms with van der Waals surface area (Å²) in [6, 6.07) is 8.40. The van der Waals surface area contributed by atoms with Gasteiger partial charge < -0.3 is 10.1 Å². The van der Waals surface area contributed by atoms with Gasteiger partial charge in [-0.05, 0) is 18.6 Å². The minimum Gasteiger partial charge on any atom is -0.447 e. The highest BCUT2D eigenvalue weighted by atomic mass is 19.4. The van der Waals surface area contributed by atoms with Crippen LogP contribution < -0.4 is 10.2 Å². The van der Waals surface area contributed by atoms with Gasteiger partial charge in [0.2, 0.25) is 5.95 Å². The third kappa shape index (κ3) is 3.65. The van der Waals surface area contributed by atoms with Crippen LogP contribution in [0.1, 0.15) is 18.5 Å². The van der Waals surface area contributed by atoms with E-state index < -0.39 is 24.4 Å². The van der Waals surface area contributed by atoms with Crippen LogP contribution in [0.5, 0.6) is 0 Å². The first-order valence-corrected chi connectivity index (χ1v) is 7.53. The van der Waals surface area contributed by atoms with Gasteiger partial charge in [0.1, 0.15) is 24.5 Å². The van der Waals surface area contributed by atoms with Crippen molar-refractivity contribution in [2.45, 2.75) is 25.2 Å². The van der Waals surface area contributed by atoms with E-state index >= 15 is 0 Å². The summed E-state index contributed by atoms with van der Waals surface area (Å²) in [5.74, 6) is -0.0444. The third-order valence-corrected chi connectivity index (χ3v) is 3.78. The van der Waals surface area contributed by atoms with Crippen molar-refractivity contribution >= 4 is 17.9 Å². The molecule has 9 heteroatoms. The second-order valence-electron chi connectivity index (χ2n) is 5.52. The van der Waals surface area contributed by atoms with Gasteiger partial charge in [-0.15, -0.1) is 0 Å². The van der Waals surface area contributed by atoms with E-state index in [0.29, 0.717) is 0 Å². The number of halogens is 3. The molecule has 25 heavy (non-hydrogen) atoms. The van der Waals surface area contributed by atoms with Crippen LogP contribution >= 0.6 is 0 Å². The zero-order valence-corrected chi connectivity index (χ0v) is 13.2. The average molecular weight is 352 g/mol. The van der Waals surface area contributed by atoms with Crippen molar-refractivity contribution in [2.24, 2.45) is 0 Å². The Balaban J connectivity index is 1.87. The highest BCUT2D eigenvalue weighted by molar-refractivity contribution is 5.89. The summed E-state index contributed by atoms with van der Waals surface area (Å²) in [4.78, 5) is 21.2. The maximum Gasteiger partial charge on any atom is 0.416 e. The fourth-order valence-electron chi connectivity index (χ4n) is 2.42. The highest BCUT2D eigenvalue weighted by Gasteiger charge is 2.38. The lowest BCUT2D eigenvalue weighted by Crippen LogP contribution is -2.34. The lowest BCUT2D eigenvalue weighted by molar-refractivity contribution is -0.138. The van der Waals surface area contributed by atoms with Gasteiger partial charge >= 0.3 is 12.3 Å². The van der Waals surface area contributed by atoms with Gasteiger partial charge in [0.05, 0.1) is 0 Å². The zero-order chi connectivity index (χ0) is 18.0. The number of cyclic esters (lactones) is 1. The van der Waals surface area contributed by atoms with Crippen LogP contribution in [-0.2, 0) is 4.74 Å². The number of amides is 1. The molecule has 1 N–H and O–H groups in total. The van der Waals surface area contributed by atoms with E-state index in [0.717, 1.165) is 12.5 Å². The number of carbonyl (C=O) groups is 1. The summed E-state index contributed by atoms with van der Waals surface area (Å²) >= 11 is 0. The molecule has 0 aliphatic carbocycles. The predicted molar refractivity (Wildman–Crippen MR) is 84.2 cm³/mol. The van der Waals surface area contributed by atoms with Gasteiger partial charge in [-0.1, -0.05) is 30.3 Å². The molecule has 2 atom stereocenters. The van der Waals surface area contributed by atoms with Crippen molar-refractivity contribution in [3.63, 3.8) is 0 Å². The van der Waals surface area contributed by atoms with Gasteiger partial charge in [-0.2, -0.15) is 18.2 Å². The molecule has 2 aromatic rings. The molecular weight excluding hydrogens is 337 g/mol. The lowest BCUT2D eigenvalue weighted by Gasteiger charge is -2.22. The smallest absolute Gasteiger partial charge is 0.416 e. The molecule has 1 aliphatic heterocycles. The summed E-state index contributed by atoms with van der Waals surface area (Å²) in [5, 5.41) is 2.19. The number of hydrogen-bond acceptors (Lipinski definition) is 5. The quantitative estimate of drug-likeness (QED) is 0.912. The Bertz CT molecular complexity index is 755. The van der Waals surface area contributed by atoms with E-state index in [9.17, 15) is 18.0 Å². The van der Waals surface area contributed by atoms with Crippen LogP contribution in [-0.4, -0.2) is 34.9 Å². The van der Waals surface area contributed by atoms with Gasteiger partial charge in [0.15, 0.2) is 0 Å². The molecule has 132 valence electrons. The fourth-order valence-corrected chi connectivity index (χ4v) is 2.42. The number of aromatic nitrogens is 2. The zero-order valence-electron chi connectivity index (χ0n) is 13.2. The molecule has 1 amide bonds. The van der Waals surface area contributed by atoms with E-state index in [-0.39, 0.29) is 18.4 Å². The summed E-state index contributed by atoms with van der Waals surface area (Å²) in [6.07, 6.45) is -3.75. The van der Waals surface area contributed by atoms with Crippen LogP contribution in [0.15, 0.2) is 42.6 Å². The number of nitrogens with one attached hydrogen (secondary N) is 1. The number of ether oxygens (including phenoxy) is 1. The monoisotopic (exact) mass is 352 g/mol. The van der Waals surface area contributed by atoms with Crippen molar-refractivity contribution < 1.29 is 22.7 Å². The molecular formula is C16H15F3N4O2. The Morgan fingerprint density at radius 3 is 2.68 bits per heavy atom. The largest absolute Gasteiger partial charge is 0.447 e. The number of anilines is 2.